The molecule has 9 heterocycles. The molecule has 0 atom stereocenters. The highest BCUT2D eigenvalue weighted by atomic mass is 16.5. The maximum absolute atomic E-state index is 10.2. The third-order valence-electron chi connectivity index (χ3n) is 13.7. The van der Waals surface area contributed by atoms with Crippen molar-refractivity contribution >= 4 is 33.4 Å². The normalized spacial score (nSPS) is 21.5. The van der Waals surface area contributed by atoms with E-state index in [1.807, 2.05) is 54.3 Å². The van der Waals surface area contributed by atoms with Gasteiger partial charge in [0.05, 0.1) is 85.5 Å². The molecule has 7 aromatic heterocycles. The topological polar surface area (TPSA) is 169 Å². The molecule has 0 unspecified atom stereocenters. The standard InChI is InChI=1S/C51H58N12O5/c1-51(2,64)12-11-35-23-43-45(54-27-35)25-47(59-15-19-65-20-16-59)57-49(43)67-42-9-5-39(6-10-42)63-34-53-30-40(63)32-62-31-37(29-56-62)36-24-44-46(55-28-36)26-48(60-17-21-66-22-18-60)58-50(44)68-41-7-3-38(4-8-41)61-14-13-52-33-61/h13-14,23-31,33-34,38-39,41-42,64H,3-10,15-22,32H2,1-2H3/t38-,39-,41+,42+. The van der Waals surface area contributed by atoms with E-state index in [1.54, 1.807) is 20.0 Å². The minimum Gasteiger partial charge on any atom is -0.474 e. The van der Waals surface area contributed by atoms with Crippen LogP contribution < -0.4 is 19.3 Å². The van der Waals surface area contributed by atoms with E-state index in [9.17, 15) is 5.11 Å². The summed E-state index contributed by atoms with van der Waals surface area (Å²) in [6, 6.07) is 8.92. The van der Waals surface area contributed by atoms with Gasteiger partial charge in [0, 0.05) is 98.1 Å². The first-order chi connectivity index (χ1) is 33.2. The van der Waals surface area contributed by atoms with Gasteiger partial charge in [-0.2, -0.15) is 15.1 Å². The van der Waals surface area contributed by atoms with Gasteiger partial charge in [-0.1, -0.05) is 11.8 Å². The average molecular weight is 919 g/mol. The maximum Gasteiger partial charge on any atom is 0.225 e. The van der Waals surface area contributed by atoms with E-state index in [2.05, 4.69) is 65.3 Å². The van der Waals surface area contributed by atoms with Crippen LogP contribution in [0.1, 0.15) is 88.6 Å². The lowest BCUT2D eigenvalue weighted by Gasteiger charge is -2.31. The Hall–Kier alpha value is -6.61. The zero-order valence-corrected chi connectivity index (χ0v) is 38.8. The second-order valence-electron chi connectivity index (χ2n) is 19.0. The molecule has 68 heavy (non-hydrogen) atoms. The van der Waals surface area contributed by atoms with Crippen LogP contribution in [0.5, 0.6) is 11.8 Å². The van der Waals surface area contributed by atoms with Gasteiger partial charge in [-0.15, -0.1) is 0 Å². The minimum absolute atomic E-state index is 0.0147. The molecular weight excluding hydrogens is 861 g/mol. The number of anilines is 2. The maximum atomic E-state index is 10.2. The van der Waals surface area contributed by atoms with Crippen LogP contribution in [0.15, 0.2) is 80.3 Å². The first-order valence-electron chi connectivity index (χ1n) is 24.1. The lowest BCUT2D eigenvalue weighted by atomic mass is 9.92. The first-order valence-corrected chi connectivity index (χ1v) is 24.1. The van der Waals surface area contributed by atoms with Crippen LogP contribution in [0.2, 0.25) is 0 Å². The Morgan fingerprint density at radius 1 is 0.691 bits per heavy atom. The number of morpholine rings is 2. The van der Waals surface area contributed by atoms with Crippen molar-refractivity contribution in [1.82, 2.24) is 48.8 Å². The summed E-state index contributed by atoms with van der Waals surface area (Å²) in [5, 5.41) is 16.8. The van der Waals surface area contributed by atoms with Crippen LogP contribution in [0, 0.1) is 11.8 Å². The van der Waals surface area contributed by atoms with Gasteiger partial charge in [-0.25, -0.2) is 9.97 Å². The van der Waals surface area contributed by atoms with Gasteiger partial charge in [-0.3, -0.25) is 14.6 Å². The van der Waals surface area contributed by atoms with E-state index in [4.69, 9.17) is 44.0 Å². The highest BCUT2D eigenvalue weighted by molar-refractivity contribution is 5.89. The number of nitrogens with zero attached hydrogens (tertiary/aromatic N) is 12. The molecular formula is C51H58N12O5. The Balaban J connectivity index is 0.778. The van der Waals surface area contributed by atoms with Crippen molar-refractivity contribution in [3.8, 4) is 34.7 Å². The molecule has 1 N–H and O–H groups in total. The quantitative estimate of drug-likeness (QED) is 0.135. The van der Waals surface area contributed by atoms with Gasteiger partial charge in [0.1, 0.15) is 29.4 Å². The number of aromatic nitrogens is 10. The number of hydrogen-bond donors (Lipinski definition) is 1. The fraction of sp³-hybridized carbons (Fsp3) is 0.471. The van der Waals surface area contributed by atoms with Gasteiger partial charge < -0.3 is 43.0 Å². The van der Waals surface area contributed by atoms with Crippen molar-refractivity contribution in [1.29, 1.82) is 0 Å². The molecule has 0 radical (unpaired) electrons. The molecule has 0 bridgehead atoms. The van der Waals surface area contributed by atoms with E-state index < -0.39 is 5.60 Å². The summed E-state index contributed by atoms with van der Waals surface area (Å²) < 4.78 is 31.4. The summed E-state index contributed by atoms with van der Waals surface area (Å²) in [4.78, 5) is 33.3. The summed E-state index contributed by atoms with van der Waals surface area (Å²) in [7, 11) is 0. The largest absolute Gasteiger partial charge is 0.474 e. The van der Waals surface area contributed by atoms with Crippen LogP contribution in [0.25, 0.3) is 32.9 Å². The van der Waals surface area contributed by atoms with Gasteiger partial charge in [-0.05, 0) is 77.3 Å². The highest BCUT2D eigenvalue weighted by Gasteiger charge is 2.28. The molecule has 17 heteroatoms. The lowest BCUT2D eigenvalue weighted by Crippen LogP contribution is -2.36. The molecule has 4 aliphatic rings. The Morgan fingerprint density at radius 3 is 1.93 bits per heavy atom. The molecule has 17 nitrogen and oxygen atoms in total. The Bertz CT molecular complexity index is 2910. The zero-order chi connectivity index (χ0) is 46.0. The molecule has 2 saturated heterocycles. The van der Waals surface area contributed by atoms with Crippen molar-refractivity contribution in [3.63, 3.8) is 0 Å². The second kappa shape index (κ2) is 19.2. The predicted octanol–water partition coefficient (Wildman–Crippen LogP) is 6.80. The van der Waals surface area contributed by atoms with Crippen LogP contribution in [0.3, 0.4) is 0 Å². The van der Waals surface area contributed by atoms with Crippen molar-refractivity contribution in [2.24, 2.45) is 0 Å². The van der Waals surface area contributed by atoms with Crippen molar-refractivity contribution < 1.29 is 24.1 Å². The van der Waals surface area contributed by atoms with Crippen molar-refractivity contribution in [2.45, 2.75) is 102 Å². The number of aliphatic hydroxyl groups is 1. The Labute approximate surface area is 395 Å². The summed E-state index contributed by atoms with van der Waals surface area (Å²) in [6.45, 7) is 9.64. The molecule has 2 aliphatic carbocycles. The van der Waals surface area contributed by atoms with Crippen LogP contribution >= 0.6 is 0 Å². The van der Waals surface area contributed by atoms with Crippen LogP contribution in [-0.4, -0.2) is 124 Å². The monoisotopic (exact) mass is 918 g/mol. The van der Waals surface area contributed by atoms with E-state index in [0.717, 1.165) is 128 Å². The molecule has 7 aromatic rings. The molecule has 4 fully saturated rings. The fourth-order valence-electron chi connectivity index (χ4n) is 9.95. The molecule has 0 amide bonds. The second-order valence-corrected chi connectivity index (χ2v) is 19.0. The number of imidazole rings is 2. The summed E-state index contributed by atoms with van der Waals surface area (Å²) in [5.74, 6) is 8.87. The van der Waals surface area contributed by atoms with Crippen molar-refractivity contribution in [3.05, 3.63) is 91.6 Å². The van der Waals surface area contributed by atoms with E-state index in [1.165, 1.54) is 0 Å². The van der Waals surface area contributed by atoms with Gasteiger partial charge >= 0.3 is 0 Å². The number of fused-ring (bicyclic) bond motifs is 2. The number of pyridine rings is 4. The Morgan fingerprint density at radius 2 is 1.31 bits per heavy atom. The molecule has 2 aliphatic heterocycles. The van der Waals surface area contributed by atoms with E-state index in [0.29, 0.717) is 56.3 Å². The highest BCUT2D eigenvalue weighted by Crippen LogP contribution is 2.37. The summed E-state index contributed by atoms with van der Waals surface area (Å²) in [5.41, 5.74) is 4.25. The predicted molar refractivity (Wildman–Crippen MR) is 257 cm³/mol. The number of ether oxygens (including phenoxy) is 4. The molecule has 0 spiro atoms. The van der Waals surface area contributed by atoms with Gasteiger partial charge in [0.15, 0.2) is 0 Å². The molecule has 2 saturated carbocycles. The third-order valence-corrected chi connectivity index (χ3v) is 13.7. The molecule has 352 valence electrons. The number of rotatable bonds is 11. The smallest absolute Gasteiger partial charge is 0.225 e. The fourth-order valence-corrected chi connectivity index (χ4v) is 9.95. The van der Waals surface area contributed by atoms with Crippen LogP contribution in [-0.2, 0) is 16.0 Å². The van der Waals surface area contributed by atoms with Gasteiger partial charge in [0.25, 0.3) is 0 Å². The summed E-state index contributed by atoms with van der Waals surface area (Å²) >= 11 is 0. The third kappa shape index (κ3) is 9.85. The SMILES string of the molecule is CC(C)(O)C#Cc1cnc2cc(N3CCOCC3)nc(O[C@H]3CC[C@@H](n4cncc4Cn4cc(-c5cnc6cc(N7CCOCC7)nc(O[C@H]7CC[C@@H](n8ccnc8)CC7)c6c5)cn4)CC3)c2c1. The first kappa shape index (κ1) is 43.9. The summed E-state index contributed by atoms with van der Waals surface area (Å²) in [6.07, 6.45) is 25.0. The van der Waals surface area contributed by atoms with E-state index >= 15 is 0 Å². The Kier molecular flexibility index (Phi) is 12.4. The average Bonchev–Trinajstić information content (AvgIpc) is 4.19. The van der Waals surface area contributed by atoms with E-state index in [-0.39, 0.29) is 18.2 Å². The lowest BCUT2D eigenvalue weighted by molar-refractivity contribution is 0.121. The minimum atomic E-state index is -1.12. The number of hydrogen-bond acceptors (Lipinski definition) is 14. The molecule has 11 rings (SSSR count). The van der Waals surface area contributed by atoms with Gasteiger partial charge in [0.2, 0.25) is 11.8 Å². The van der Waals surface area contributed by atoms with Crippen molar-refractivity contribution in [2.75, 3.05) is 62.4 Å². The zero-order valence-electron chi connectivity index (χ0n) is 38.8. The molecule has 0 aromatic carbocycles. The van der Waals surface area contributed by atoms with Crippen LogP contribution in [0.4, 0.5) is 11.6 Å².